The maximum absolute atomic E-state index is 13.1. The van der Waals surface area contributed by atoms with Gasteiger partial charge in [0.25, 0.3) is 0 Å². The summed E-state index contributed by atoms with van der Waals surface area (Å²) in [4.78, 5) is 10.5. The Morgan fingerprint density at radius 1 is 1.64 bits per heavy atom. The third-order valence-electron chi connectivity index (χ3n) is 1.64. The van der Waals surface area contributed by atoms with Gasteiger partial charge in [0.1, 0.15) is 12.4 Å². The van der Waals surface area contributed by atoms with Crippen LogP contribution in [0.2, 0.25) is 0 Å². The van der Waals surface area contributed by atoms with E-state index in [4.69, 9.17) is 5.84 Å². The quantitative estimate of drug-likeness (QED) is 0.435. The van der Waals surface area contributed by atoms with Crippen molar-refractivity contribution in [2.45, 2.75) is 13.5 Å². The second-order valence-corrected chi connectivity index (χ2v) is 2.73. The third-order valence-corrected chi connectivity index (χ3v) is 1.64. The first kappa shape index (κ1) is 10.5. The molecule has 0 aromatic heterocycles. The van der Waals surface area contributed by atoms with Crippen LogP contribution >= 0.6 is 0 Å². The molecule has 3 N–H and O–H groups in total. The number of hydrogen-bond acceptors (Lipinski definition) is 4. The minimum Gasteiger partial charge on any atom is -0.461 e. The minimum atomic E-state index is -0.449. The predicted molar refractivity (Wildman–Crippen MR) is 49.7 cm³/mol. The van der Waals surface area contributed by atoms with Crippen LogP contribution in [0.25, 0.3) is 0 Å². The molecule has 4 nitrogen and oxygen atoms in total. The van der Waals surface area contributed by atoms with Crippen molar-refractivity contribution < 1.29 is 13.9 Å². The molecular weight excluding hydrogens is 187 g/mol. The van der Waals surface area contributed by atoms with Gasteiger partial charge in [0.15, 0.2) is 0 Å². The number of hydrazine groups is 1. The summed E-state index contributed by atoms with van der Waals surface area (Å²) in [5.41, 5.74) is 3.23. The Hall–Kier alpha value is -1.62. The molecule has 0 aliphatic rings. The second-order valence-electron chi connectivity index (χ2n) is 2.73. The van der Waals surface area contributed by atoms with Crippen molar-refractivity contribution in [3.63, 3.8) is 0 Å². The lowest BCUT2D eigenvalue weighted by atomic mass is 10.2. The Labute approximate surface area is 80.8 Å². The molecule has 0 heterocycles. The van der Waals surface area contributed by atoms with Crippen molar-refractivity contribution in [2.75, 3.05) is 5.43 Å². The average molecular weight is 198 g/mol. The van der Waals surface area contributed by atoms with E-state index >= 15 is 0 Å². The molecule has 0 saturated carbocycles. The van der Waals surface area contributed by atoms with Gasteiger partial charge in [-0.15, -0.1) is 0 Å². The standard InChI is InChI=1S/C9H11FN2O2/c1-6(13)14-5-7-4-8(12-11)2-3-9(7)10/h2-4,12H,5,11H2,1H3. The van der Waals surface area contributed by atoms with E-state index in [1.165, 1.54) is 25.1 Å². The van der Waals surface area contributed by atoms with Crippen molar-refractivity contribution in [2.24, 2.45) is 5.84 Å². The fourth-order valence-electron chi connectivity index (χ4n) is 0.955. The number of rotatable bonds is 3. The summed E-state index contributed by atoms with van der Waals surface area (Å²) >= 11 is 0. The molecule has 0 amide bonds. The van der Waals surface area contributed by atoms with Gasteiger partial charge in [0.05, 0.1) is 0 Å². The van der Waals surface area contributed by atoms with E-state index in [9.17, 15) is 9.18 Å². The van der Waals surface area contributed by atoms with Crippen LogP contribution in [-0.2, 0) is 16.1 Å². The van der Waals surface area contributed by atoms with Gasteiger partial charge in [-0.25, -0.2) is 4.39 Å². The van der Waals surface area contributed by atoms with Crippen LogP contribution in [0.3, 0.4) is 0 Å². The first-order chi connectivity index (χ1) is 6.63. The van der Waals surface area contributed by atoms with E-state index < -0.39 is 11.8 Å². The molecule has 0 radical (unpaired) electrons. The molecule has 0 unspecified atom stereocenters. The van der Waals surface area contributed by atoms with E-state index in [0.29, 0.717) is 5.69 Å². The van der Waals surface area contributed by atoms with Gasteiger partial charge in [0.2, 0.25) is 0 Å². The van der Waals surface area contributed by atoms with Gasteiger partial charge in [-0.05, 0) is 18.2 Å². The summed E-state index contributed by atoms with van der Waals surface area (Å²) in [5.74, 6) is 4.27. The SMILES string of the molecule is CC(=O)OCc1cc(NN)ccc1F. The minimum absolute atomic E-state index is 0.0866. The Balaban J connectivity index is 2.78. The van der Waals surface area contributed by atoms with Crippen molar-refractivity contribution in [1.82, 2.24) is 0 Å². The van der Waals surface area contributed by atoms with Crippen LogP contribution in [0.4, 0.5) is 10.1 Å². The number of nitrogen functional groups attached to an aromatic ring is 1. The molecule has 1 aromatic rings. The molecule has 0 atom stereocenters. The van der Waals surface area contributed by atoms with Gasteiger partial charge in [-0.3, -0.25) is 10.6 Å². The summed E-state index contributed by atoms with van der Waals surface area (Å²) in [6, 6.07) is 4.24. The summed E-state index contributed by atoms with van der Waals surface area (Å²) < 4.78 is 17.8. The number of nitrogens with two attached hydrogens (primary N) is 1. The highest BCUT2D eigenvalue weighted by Crippen LogP contribution is 2.14. The molecule has 0 aliphatic carbocycles. The lowest BCUT2D eigenvalue weighted by Gasteiger charge is -2.06. The van der Waals surface area contributed by atoms with Crippen molar-refractivity contribution in [1.29, 1.82) is 0 Å². The van der Waals surface area contributed by atoms with E-state index in [0.717, 1.165) is 0 Å². The zero-order valence-electron chi connectivity index (χ0n) is 7.71. The third kappa shape index (κ3) is 2.70. The smallest absolute Gasteiger partial charge is 0.302 e. The fourth-order valence-corrected chi connectivity index (χ4v) is 0.955. The molecule has 1 aromatic carbocycles. The zero-order chi connectivity index (χ0) is 10.6. The molecule has 1 rings (SSSR count). The summed E-state index contributed by atoms with van der Waals surface area (Å²) in [6.45, 7) is 1.18. The van der Waals surface area contributed by atoms with E-state index in [1.54, 1.807) is 0 Å². The number of benzene rings is 1. The van der Waals surface area contributed by atoms with Crippen molar-refractivity contribution in [3.05, 3.63) is 29.6 Å². The largest absolute Gasteiger partial charge is 0.461 e. The molecular formula is C9H11FN2O2. The van der Waals surface area contributed by atoms with Crippen LogP contribution in [0.5, 0.6) is 0 Å². The van der Waals surface area contributed by atoms with Crippen molar-refractivity contribution >= 4 is 11.7 Å². The van der Waals surface area contributed by atoms with Gasteiger partial charge < -0.3 is 10.2 Å². The number of carbonyl (C=O) groups excluding carboxylic acids is 1. The molecule has 0 spiro atoms. The maximum Gasteiger partial charge on any atom is 0.302 e. The number of esters is 1. The monoisotopic (exact) mass is 198 g/mol. The molecule has 0 bridgehead atoms. The van der Waals surface area contributed by atoms with Gasteiger partial charge >= 0.3 is 5.97 Å². The number of halogens is 1. The zero-order valence-corrected chi connectivity index (χ0v) is 7.71. The molecule has 5 heteroatoms. The van der Waals surface area contributed by atoms with Gasteiger partial charge in [-0.2, -0.15) is 0 Å². The highest BCUT2D eigenvalue weighted by atomic mass is 19.1. The van der Waals surface area contributed by atoms with Crippen LogP contribution in [0.15, 0.2) is 18.2 Å². The second kappa shape index (κ2) is 4.57. The number of hydrogen-bond donors (Lipinski definition) is 2. The highest BCUT2D eigenvalue weighted by Gasteiger charge is 2.04. The Morgan fingerprint density at radius 3 is 2.93 bits per heavy atom. The number of ether oxygens (including phenoxy) is 1. The van der Waals surface area contributed by atoms with Gasteiger partial charge in [-0.1, -0.05) is 0 Å². The first-order valence-corrected chi connectivity index (χ1v) is 4.02. The fraction of sp³-hybridized carbons (Fsp3) is 0.222. The summed E-state index contributed by atoms with van der Waals surface area (Å²) in [5, 5.41) is 0. The molecule has 76 valence electrons. The molecule has 14 heavy (non-hydrogen) atoms. The topological polar surface area (TPSA) is 64.3 Å². The number of anilines is 1. The summed E-state index contributed by atoms with van der Waals surface area (Å²) in [7, 11) is 0. The van der Waals surface area contributed by atoms with Crippen LogP contribution in [-0.4, -0.2) is 5.97 Å². The lowest BCUT2D eigenvalue weighted by Crippen LogP contribution is -2.08. The van der Waals surface area contributed by atoms with E-state index in [1.807, 2.05) is 0 Å². The Morgan fingerprint density at radius 2 is 2.36 bits per heavy atom. The number of carbonyl (C=O) groups is 1. The Kier molecular flexibility index (Phi) is 3.41. The molecule has 0 saturated heterocycles. The van der Waals surface area contributed by atoms with E-state index in [2.05, 4.69) is 10.2 Å². The highest BCUT2D eigenvalue weighted by molar-refractivity contribution is 5.66. The van der Waals surface area contributed by atoms with Gasteiger partial charge in [0, 0.05) is 18.2 Å². The normalized spacial score (nSPS) is 9.64. The summed E-state index contributed by atoms with van der Waals surface area (Å²) in [6.07, 6.45) is 0. The van der Waals surface area contributed by atoms with Crippen LogP contribution < -0.4 is 11.3 Å². The van der Waals surface area contributed by atoms with Crippen molar-refractivity contribution in [3.8, 4) is 0 Å². The molecule has 0 aliphatic heterocycles. The Bertz CT molecular complexity index is 342. The van der Waals surface area contributed by atoms with E-state index in [-0.39, 0.29) is 12.2 Å². The lowest BCUT2D eigenvalue weighted by molar-refractivity contribution is -0.142. The van der Waals surface area contributed by atoms with Crippen LogP contribution in [0.1, 0.15) is 12.5 Å². The average Bonchev–Trinajstić information content (AvgIpc) is 2.16. The predicted octanol–water partition coefficient (Wildman–Crippen LogP) is 1.17. The number of nitrogens with one attached hydrogen (secondary N) is 1. The first-order valence-electron chi connectivity index (χ1n) is 4.02. The molecule has 0 fully saturated rings. The maximum atomic E-state index is 13.1. The van der Waals surface area contributed by atoms with Crippen LogP contribution in [0, 0.1) is 5.82 Å².